The van der Waals surface area contributed by atoms with Crippen molar-refractivity contribution in [1.29, 1.82) is 0 Å². The molecule has 118 valence electrons. The Morgan fingerprint density at radius 2 is 1.87 bits per heavy atom. The molecule has 1 aromatic heterocycles. The molecule has 1 fully saturated rings. The molecule has 5 heteroatoms. The van der Waals surface area contributed by atoms with Gasteiger partial charge in [-0.2, -0.15) is 0 Å². The molecule has 1 aliphatic heterocycles. The molecule has 0 saturated carbocycles. The number of carbonyl (C=O) groups is 2. The minimum Gasteiger partial charge on any atom is -0.490 e. The van der Waals surface area contributed by atoms with Crippen molar-refractivity contribution in [3.8, 4) is 5.75 Å². The number of nitrogens with zero attached hydrogens (tertiary/aromatic N) is 2. The summed E-state index contributed by atoms with van der Waals surface area (Å²) in [5.74, 6) is 0.726. The number of hydrogen-bond acceptors (Lipinski definition) is 4. The zero-order valence-corrected chi connectivity index (χ0v) is 12.7. The molecule has 2 aromatic rings. The number of amides is 1. The average Bonchev–Trinajstić information content (AvgIpc) is 2.63. The van der Waals surface area contributed by atoms with Gasteiger partial charge in [0.1, 0.15) is 23.8 Å². The molecule has 1 aromatic carbocycles. The SMILES string of the molecule is O=Cc1ccc(OC2CCN(C(=O)c3ccccn3)CC2)cc1. The fourth-order valence-electron chi connectivity index (χ4n) is 2.65. The van der Waals surface area contributed by atoms with Crippen LogP contribution in [0.2, 0.25) is 0 Å². The Hall–Kier alpha value is -2.69. The lowest BCUT2D eigenvalue weighted by Crippen LogP contribution is -2.42. The molecule has 0 N–H and O–H groups in total. The third kappa shape index (κ3) is 3.74. The van der Waals surface area contributed by atoms with Crippen molar-refractivity contribution in [2.45, 2.75) is 18.9 Å². The Bertz CT molecular complexity index is 662. The van der Waals surface area contributed by atoms with Crippen LogP contribution < -0.4 is 4.74 Å². The average molecular weight is 310 g/mol. The van der Waals surface area contributed by atoms with Crippen molar-refractivity contribution in [3.05, 3.63) is 59.9 Å². The van der Waals surface area contributed by atoms with E-state index in [4.69, 9.17) is 4.74 Å². The molecule has 3 rings (SSSR count). The first-order valence-electron chi connectivity index (χ1n) is 7.68. The molecule has 0 atom stereocenters. The largest absolute Gasteiger partial charge is 0.490 e. The first-order chi connectivity index (χ1) is 11.3. The maximum Gasteiger partial charge on any atom is 0.272 e. The molecule has 5 nitrogen and oxygen atoms in total. The topological polar surface area (TPSA) is 59.5 Å². The zero-order chi connectivity index (χ0) is 16.1. The van der Waals surface area contributed by atoms with Gasteiger partial charge in [0.05, 0.1) is 0 Å². The Morgan fingerprint density at radius 3 is 2.48 bits per heavy atom. The normalized spacial score (nSPS) is 15.2. The van der Waals surface area contributed by atoms with Gasteiger partial charge in [-0.3, -0.25) is 14.6 Å². The molecule has 1 saturated heterocycles. The summed E-state index contributed by atoms with van der Waals surface area (Å²) in [4.78, 5) is 28.9. The van der Waals surface area contributed by atoms with Gasteiger partial charge in [0.25, 0.3) is 5.91 Å². The second-order valence-corrected chi connectivity index (χ2v) is 5.51. The van der Waals surface area contributed by atoms with E-state index >= 15 is 0 Å². The summed E-state index contributed by atoms with van der Waals surface area (Å²) >= 11 is 0. The fourth-order valence-corrected chi connectivity index (χ4v) is 2.65. The van der Waals surface area contributed by atoms with Crippen LogP contribution in [-0.2, 0) is 0 Å². The van der Waals surface area contributed by atoms with Crippen molar-refractivity contribution in [2.24, 2.45) is 0 Å². The van der Waals surface area contributed by atoms with Crippen LogP contribution in [0.4, 0.5) is 0 Å². The van der Waals surface area contributed by atoms with Crippen LogP contribution in [-0.4, -0.2) is 41.3 Å². The summed E-state index contributed by atoms with van der Waals surface area (Å²) < 4.78 is 5.92. The predicted octanol–water partition coefficient (Wildman–Crippen LogP) is 2.58. The highest BCUT2D eigenvalue weighted by atomic mass is 16.5. The highest BCUT2D eigenvalue weighted by molar-refractivity contribution is 5.92. The second kappa shape index (κ2) is 7.05. The van der Waals surface area contributed by atoms with Gasteiger partial charge in [-0.15, -0.1) is 0 Å². The molecule has 0 radical (unpaired) electrons. The van der Waals surface area contributed by atoms with Crippen LogP contribution >= 0.6 is 0 Å². The molecule has 0 bridgehead atoms. The molecular formula is C18H18N2O3. The minimum atomic E-state index is -0.0283. The van der Waals surface area contributed by atoms with Gasteiger partial charge in [0.2, 0.25) is 0 Å². The second-order valence-electron chi connectivity index (χ2n) is 5.51. The van der Waals surface area contributed by atoms with Gasteiger partial charge in [0.15, 0.2) is 0 Å². The fraction of sp³-hybridized carbons (Fsp3) is 0.278. The van der Waals surface area contributed by atoms with Crippen LogP contribution in [0.25, 0.3) is 0 Å². The molecule has 0 spiro atoms. The Labute approximate surface area is 134 Å². The van der Waals surface area contributed by atoms with E-state index in [1.165, 1.54) is 0 Å². The van der Waals surface area contributed by atoms with Gasteiger partial charge in [-0.1, -0.05) is 6.07 Å². The lowest BCUT2D eigenvalue weighted by Gasteiger charge is -2.32. The van der Waals surface area contributed by atoms with Crippen molar-refractivity contribution in [3.63, 3.8) is 0 Å². The lowest BCUT2D eigenvalue weighted by molar-refractivity contribution is 0.0590. The van der Waals surface area contributed by atoms with Crippen molar-refractivity contribution >= 4 is 12.2 Å². The molecule has 1 amide bonds. The smallest absolute Gasteiger partial charge is 0.272 e. The van der Waals surface area contributed by atoms with E-state index in [9.17, 15) is 9.59 Å². The number of piperidine rings is 1. The van der Waals surface area contributed by atoms with Crippen molar-refractivity contribution in [2.75, 3.05) is 13.1 Å². The summed E-state index contributed by atoms with van der Waals surface area (Å²) in [6, 6.07) is 12.4. The molecule has 2 heterocycles. The first kappa shape index (κ1) is 15.2. The van der Waals surface area contributed by atoms with Gasteiger partial charge in [0, 0.05) is 37.7 Å². The van der Waals surface area contributed by atoms with Crippen LogP contribution in [0.3, 0.4) is 0 Å². The number of rotatable bonds is 4. The summed E-state index contributed by atoms with van der Waals surface area (Å²) in [5.41, 5.74) is 1.12. The monoisotopic (exact) mass is 310 g/mol. The van der Waals surface area contributed by atoms with Gasteiger partial charge >= 0.3 is 0 Å². The molecule has 1 aliphatic rings. The van der Waals surface area contributed by atoms with E-state index in [1.54, 1.807) is 42.6 Å². The maximum absolute atomic E-state index is 12.3. The molecule has 0 aliphatic carbocycles. The van der Waals surface area contributed by atoms with E-state index in [-0.39, 0.29) is 12.0 Å². The highest BCUT2D eigenvalue weighted by Gasteiger charge is 2.25. The third-order valence-corrected chi connectivity index (χ3v) is 3.93. The van der Waals surface area contributed by atoms with E-state index < -0.39 is 0 Å². The number of likely N-dealkylation sites (tertiary alicyclic amines) is 1. The van der Waals surface area contributed by atoms with Crippen molar-refractivity contribution in [1.82, 2.24) is 9.88 Å². The first-order valence-corrected chi connectivity index (χ1v) is 7.68. The van der Waals surface area contributed by atoms with Gasteiger partial charge in [-0.25, -0.2) is 0 Å². The highest BCUT2D eigenvalue weighted by Crippen LogP contribution is 2.20. The van der Waals surface area contributed by atoms with Crippen molar-refractivity contribution < 1.29 is 14.3 Å². The summed E-state index contributed by atoms with van der Waals surface area (Å²) in [6.45, 7) is 1.32. The van der Waals surface area contributed by atoms with E-state index in [2.05, 4.69) is 4.98 Å². The number of aldehydes is 1. The van der Waals surface area contributed by atoms with Crippen LogP contribution in [0.15, 0.2) is 48.7 Å². The van der Waals surface area contributed by atoms with Crippen LogP contribution in [0.1, 0.15) is 33.7 Å². The van der Waals surface area contributed by atoms with Gasteiger partial charge < -0.3 is 9.64 Å². The quantitative estimate of drug-likeness (QED) is 0.814. The number of pyridine rings is 1. The number of hydrogen-bond donors (Lipinski definition) is 0. The maximum atomic E-state index is 12.3. The third-order valence-electron chi connectivity index (χ3n) is 3.93. The predicted molar refractivity (Wildman–Crippen MR) is 85.6 cm³/mol. The summed E-state index contributed by atoms with van der Waals surface area (Å²) in [6.07, 6.45) is 4.10. The van der Waals surface area contributed by atoms with Crippen LogP contribution in [0, 0.1) is 0 Å². The summed E-state index contributed by atoms with van der Waals surface area (Å²) in [5, 5.41) is 0. The molecular weight excluding hydrogens is 292 g/mol. The Balaban J connectivity index is 1.53. The zero-order valence-electron chi connectivity index (χ0n) is 12.7. The van der Waals surface area contributed by atoms with Crippen LogP contribution in [0.5, 0.6) is 5.75 Å². The standard InChI is InChI=1S/C18H18N2O3/c21-13-14-4-6-15(7-5-14)23-16-8-11-20(12-9-16)18(22)17-3-1-2-10-19-17/h1-7,10,13,16H,8-9,11-12H2. The molecule has 0 unspecified atom stereocenters. The van der Waals surface area contributed by atoms with E-state index in [0.29, 0.717) is 24.3 Å². The van der Waals surface area contributed by atoms with E-state index in [0.717, 1.165) is 24.9 Å². The number of carbonyl (C=O) groups excluding carboxylic acids is 2. The number of aromatic nitrogens is 1. The van der Waals surface area contributed by atoms with E-state index in [1.807, 2.05) is 11.0 Å². The minimum absolute atomic E-state index is 0.0283. The molecule has 23 heavy (non-hydrogen) atoms. The lowest BCUT2D eigenvalue weighted by atomic mass is 10.1. The summed E-state index contributed by atoms with van der Waals surface area (Å²) in [7, 11) is 0. The Morgan fingerprint density at radius 1 is 1.13 bits per heavy atom. The number of benzene rings is 1. The number of ether oxygens (including phenoxy) is 1. The van der Waals surface area contributed by atoms with Gasteiger partial charge in [-0.05, 0) is 36.4 Å². The Kier molecular flexibility index (Phi) is 4.66.